The Morgan fingerprint density at radius 2 is 2.35 bits per heavy atom. The molecule has 0 unspecified atom stereocenters. The lowest BCUT2D eigenvalue weighted by Crippen LogP contribution is -2.48. The monoisotopic (exact) mass is 330 g/mol. The minimum absolute atomic E-state index is 0.118. The number of hydrogen-bond acceptors (Lipinski definition) is 4. The van der Waals surface area contributed by atoms with Crippen molar-refractivity contribution in [1.29, 1.82) is 0 Å². The van der Waals surface area contributed by atoms with Crippen molar-refractivity contribution >= 4 is 17.2 Å². The molecular formula is C17H22N4OS. The van der Waals surface area contributed by atoms with E-state index in [-0.39, 0.29) is 11.8 Å². The second-order valence-electron chi connectivity index (χ2n) is 6.55. The molecule has 1 N–H and O–H groups in total. The van der Waals surface area contributed by atoms with Gasteiger partial charge in [-0.15, -0.1) is 11.3 Å². The molecule has 1 amide bonds. The normalized spacial score (nSPS) is 21.7. The van der Waals surface area contributed by atoms with Crippen molar-refractivity contribution in [3.63, 3.8) is 0 Å². The van der Waals surface area contributed by atoms with E-state index < -0.39 is 0 Å². The Labute approximate surface area is 140 Å². The molecule has 5 nitrogen and oxygen atoms in total. The van der Waals surface area contributed by atoms with E-state index in [1.807, 2.05) is 29.4 Å². The van der Waals surface area contributed by atoms with Gasteiger partial charge in [0, 0.05) is 31.1 Å². The fourth-order valence-corrected chi connectivity index (χ4v) is 4.23. The number of nitrogens with zero attached hydrogens (tertiary/aromatic N) is 3. The van der Waals surface area contributed by atoms with Crippen LogP contribution in [0.2, 0.25) is 0 Å². The largest absolute Gasteiger partial charge is 0.351 e. The molecule has 23 heavy (non-hydrogen) atoms. The van der Waals surface area contributed by atoms with Crippen LogP contribution in [0.15, 0.2) is 23.8 Å². The number of nitrogens with one attached hydrogen (secondary N) is 1. The van der Waals surface area contributed by atoms with Crippen LogP contribution in [-0.4, -0.2) is 32.9 Å². The number of amides is 1. The van der Waals surface area contributed by atoms with Crippen LogP contribution in [0.1, 0.15) is 41.4 Å². The van der Waals surface area contributed by atoms with Crippen LogP contribution in [0.4, 0.5) is 0 Å². The van der Waals surface area contributed by atoms with Gasteiger partial charge in [0.15, 0.2) is 0 Å². The second-order valence-corrected chi connectivity index (χ2v) is 7.58. The van der Waals surface area contributed by atoms with Gasteiger partial charge < -0.3 is 9.88 Å². The number of fused-ring (bicyclic) bond motifs is 1. The predicted octanol–water partition coefficient (Wildman–Crippen LogP) is 2.25. The Kier molecular flexibility index (Phi) is 3.95. The summed E-state index contributed by atoms with van der Waals surface area (Å²) in [6.45, 7) is 2.31. The van der Waals surface area contributed by atoms with Gasteiger partial charge in [0.1, 0.15) is 0 Å². The average Bonchev–Trinajstić information content (AvgIpc) is 3.13. The van der Waals surface area contributed by atoms with E-state index in [0.717, 1.165) is 24.5 Å². The van der Waals surface area contributed by atoms with E-state index in [1.54, 1.807) is 11.3 Å². The highest BCUT2D eigenvalue weighted by molar-refractivity contribution is 7.09. The molecule has 1 aliphatic heterocycles. The number of aromatic nitrogens is 2. The van der Waals surface area contributed by atoms with Crippen molar-refractivity contribution in [3.05, 3.63) is 40.1 Å². The summed E-state index contributed by atoms with van der Waals surface area (Å²) in [7, 11) is 1.99. The maximum absolute atomic E-state index is 12.8. The third kappa shape index (κ3) is 2.81. The lowest BCUT2D eigenvalue weighted by molar-refractivity contribution is -0.124. The molecule has 0 saturated heterocycles. The van der Waals surface area contributed by atoms with Crippen LogP contribution in [0.3, 0.4) is 0 Å². The fourth-order valence-electron chi connectivity index (χ4n) is 3.58. The highest BCUT2D eigenvalue weighted by Crippen LogP contribution is 2.34. The molecule has 6 heteroatoms. The quantitative estimate of drug-likeness (QED) is 0.935. The molecule has 2 aliphatic rings. The maximum atomic E-state index is 12.8. The maximum Gasteiger partial charge on any atom is 0.230 e. The third-order valence-electron chi connectivity index (χ3n) is 5.09. The molecule has 1 aliphatic carbocycles. The first-order valence-electron chi connectivity index (χ1n) is 8.26. The number of rotatable bonds is 4. The summed E-state index contributed by atoms with van der Waals surface area (Å²) in [5, 5.41) is 5.15. The SMILES string of the molecule is Cn1cnc2c1[C@@H](C(=O)NCc1cccs1)CN(C1CCC1)C2. The van der Waals surface area contributed by atoms with Crippen molar-refractivity contribution in [2.24, 2.45) is 7.05 Å². The minimum Gasteiger partial charge on any atom is -0.351 e. The number of thiophene rings is 1. The number of aryl methyl sites for hydroxylation is 1. The van der Waals surface area contributed by atoms with Gasteiger partial charge in [0.2, 0.25) is 5.91 Å². The smallest absolute Gasteiger partial charge is 0.230 e. The van der Waals surface area contributed by atoms with E-state index in [2.05, 4.69) is 21.3 Å². The van der Waals surface area contributed by atoms with E-state index in [4.69, 9.17) is 0 Å². The van der Waals surface area contributed by atoms with Gasteiger partial charge in [-0.1, -0.05) is 12.5 Å². The first kappa shape index (κ1) is 14.9. The zero-order valence-corrected chi connectivity index (χ0v) is 14.2. The second kappa shape index (κ2) is 6.09. The standard InChI is InChI=1S/C17H22N4OS/c1-20-11-19-15-10-21(12-4-2-5-12)9-14(16(15)20)17(22)18-8-13-6-3-7-23-13/h3,6-7,11-12,14H,2,4-5,8-10H2,1H3,(H,18,22)/t14-/m0/s1. The third-order valence-corrected chi connectivity index (χ3v) is 5.96. The van der Waals surface area contributed by atoms with Crippen LogP contribution in [0, 0.1) is 0 Å². The fraction of sp³-hybridized carbons (Fsp3) is 0.529. The first-order chi connectivity index (χ1) is 11.2. The van der Waals surface area contributed by atoms with Gasteiger partial charge in [-0.2, -0.15) is 0 Å². The Morgan fingerprint density at radius 1 is 1.48 bits per heavy atom. The summed E-state index contributed by atoms with van der Waals surface area (Å²) in [5.41, 5.74) is 2.16. The molecule has 1 atom stereocenters. The van der Waals surface area contributed by atoms with Gasteiger partial charge in [0.05, 0.1) is 30.2 Å². The number of carbonyl (C=O) groups excluding carboxylic acids is 1. The molecule has 0 radical (unpaired) electrons. The molecule has 0 bridgehead atoms. The van der Waals surface area contributed by atoms with E-state index in [0.29, 0.717) is 12.6 Å². The van der Waals surface area contributed by atoms with E-state index >= 15 is 0 Å². The summed E-state index contributed by atoms with van der Waals surface area (Å²) >= 11 is 1.68. The van der Waals surface area contributed by atoms with Crippen LogP contribution in [0.25, 0.3) is 0 Å². The lowest BCUT2D eigenvalue weighted by Gasteiger charge is -2.41. The summed E-state index contributed by atoms with van der Waals surface area (Å²) in [6.07, 6.45) is 5.66. The topological polar surface area (TPSA) is 50.2 Å². The molecule has 0 spiro atoms. The molecule has 2 aromatic heterocycles. The van der Waals surface area contributed by atoms with Gasteiger partial charge in [-0.05, 0) is 24.3 Å². The van der Waals surface area contributed by atoms with Crippen molar-refractivity contribution < 1.29 is 4.79 Å². The van der Waals surface area contributed by atoms with Crippen LogP contribution in [-0.2, 0) is 24.9 Å². The molecule has 1 saturated carbocycles. The molecule has 1 fully saturated rings. The van der Waals surface area contributed by atoms with E-state index in [9.17, 15) is 4.79 Å². The van der Waals surface area contributed by atoms with Gasteiger partial charge in [-0.25, -0.2) is 4.98 Å². The van der Waals surface area contributed by atoms with Crippen LogP contribution < -0.4 is 5.32 Å². The highest BCUT2D eigenvalue weighted by Gasteiger charge is 2.37. The molecule has 3 heterocycles. The van der Waals surface area contributed by atoms with Gasteiger partial charge in [0.25, 0.3) is 0 Å². The molecule has 122 valence electrons. The Balaban J connectivity index is 1.52. The number of hydrogen-bond donors (Lipinski definition) is 1. The number of imidazole rings is 1. The van der Waals surface area contributed by atoms with Crippen molar-refractivity contribution in [2.75, 3.05) is 6.54 Å². The molecule has 0 aromatic carbocycles. The zero-order chi connectivity index (χ0) is 15.8. The molecule has 2 aromatic rings. The van der Waals surface area contributed by atoms with E-state index in [1.165, 1.54) is 24.1 Å². The molecule has 4 rings (SSSR count). The minimum atomic E-state index is -0.119. The van der Waals surface area contributed by atoms with Crippen molar-refractivity contribution in [2.45, 2.75) is 44.3 Å². The van der Waals surface area contributed by atoms with Crippen molar-refractivity contribution in [1.82, 2.24) is 19.8 Å². The van der Waals surface area contributed by atoms with Gasteiger partial charge in [-0.3, -0.25) is 9.69 Å². The van der Waals surface area contributed by atoms with Crippen molar-refractivity contribution in [3.8, 4) is 0 Å². The first-order valence-corrected chi connectivity index (χ1v) is 9.14. The summed E-state index contributed by atoms with van der Waals surface area (Å²) in [6, 6.07) is 4.71. The summed E-state index contributed by atoms with van der Waals surface area (Å²) in [5.74, 6) is -0.000847. The Morgan fingerprint density at radius 3 is 3.04 bits per heavy atom. The molecular weight excluding hydrogens is 308 g/mol. The average molecular weight is 330 g/mol. The Bertz CT molecular complexity index is 690. The zero-order valence-electron chi connectivity index (χ0n) is 13.4. The lowest BCUT2D eigenvalue weighted by atomic mass is 9.87. The van der Waals surface area contributed by atoms with Gasteiger partial charge >= 0.3 is 0 Å². The number of carbonyl (C=O) groups is 1. The highest BCUT2D eigenvalue weighted by atomic mass is 32.1. The van der Waals surface area contributed by atoms with Crippen LogP contribution >= 0.6 is 11.3 Å². The summed E-state index contributed by atoms with van der Waals surface area (Å²) in [4.78, 5) is 21.0. The van der Waals surface area contributed by atoms with Crippen LogP contribution in [0.5, 0.6) is 0 Å². The summed E-state index contributed by atoms with van der Waals surface area (Å²) < 4.78 is 2.02. The predicted molar refractivity (Wildman–Crippen MR) is 90.2 cm³/mol. The Hall–Kier alpha value is -1.66.